The molecule has 1 amide bonds. The largest absolute Gasteiger partial charge is 0.481 e. The molecule has 170 valence electrons. The standard InChI is InChI=1S/C23H26N2O6S/c26-22(27)12-16(14-32(29,30)25-15-6-5-7-15)24-23(28)31-13-21-19-10-3-1-8-17(19)18-9-2-4-11-20(18)21/h1-4,8-11,15-16,21,25H,5-7,12-14H2,(H,24,28)(H,26,27). The van der Waals surface area contributed by atoms with Crippen LogP contribution in [0.25, 0.3) is 11.1 Å². The van der Waals surface area contributed by atoms with Gasteiger partial charge in [-0.25, -0.2) is 17.9 Å². The molecule has 0 bridgehead atoms. The van der Waals surface area contributed by atoms with Gasteiger partial charge >= 0.3 is 12.1 Å². The third-order valence-corrected chi connectivity index (χ3v) is 7.49. The number of nitrogens with one attached hydrogen (secondary N) is 2. The minimum atomic E-state index is -3.73. The Morgan fingerprint density at radius 3 is 2.16 bits per heavy atom. The van der Waals surface area contributed by atoms with Crippen LogP contribution in [0.15, 0.2) is 48.5 Å². The van der Waals surface area contributed by atoms with E-state index < -0.39 is 40.3 Å². The van der Waals surface area contributed by atoms with Crippen molar-refractivity contribution in [1.29, 1.82) is 0 Å². The van der Waals surface area contributed by atoms with E-state index in [-0.39, 0.29) is 18.6 Å². The van der Waals surface area contributed by atoms with Gasteiger partial charge in [0.15, 0.2) is 0 Å². The van der Waals surface area contributed by atoms with E-state index in [0.717, 1.165) is 41.5 Å². The zero-order valence-corrected chi connectivity index (χ0v) is 18.3. The van der Waals surface area contributed by atoms with Crippen molar-refractivity contribution in [2.75, 3.05) is 12.4 Å². The summed E-state index contributed by atoms with van der Waals surface area (Å²) in [5, 5.41) is 11.6. The first kappa shape index (κ1) is 22.3. The number of ether oxygens (including phenoxy) is 1. The molecule has 9 heteroatoms. The van der Waals surface area contributed by atoms with Crippen LogP contribution in [0.5, 0.6) is 0 Å². The van der Waals surface area contributed by atoms with E-state index in [0.29, 0.717) is 0 Å². The van der Waals surface area contributed by atoms with Crippen molar-refractivity contribution in [3.05, 3.63) is 59.7 Å². The zero-order chi connectivity index (χ0) is 22.7. The quantitative estimate of drug-likeness (QED) is 0.531. The van der Waals surface area contributed by atoms with Gasteiger partial charge < -0.3 is 15.2 Å². The van der Waals surface area contributed by atoms with Gasteiger partial charge in [0.2, 0.25) is 10.0 Å². The second-order valence-corrected chi connectivity index (χ2v) is 10.1. The first-order valence-electron chi connectivity index (χ1n) is 10.7. The number of fused-ring (bicyclic) bond motifs is 3. The maximum absolute atomic E-state index is 12.4. The van der Waals surface area contributed by atoms with Crippen molar-refractivity contribution in [2.45, 2.75) is 43.7 Å². The normalized spacial score (nSPS) is 16.5. The number of carboxylic acids is 1. The minimum Gasteiger partial charge on any atom is -0.481 e. The smallest absolute Gasteiger partial charge is 0.407 e. The zero-order valence-electron chi connectivity index (χ0n) is 17.5. The molecule has 1 fully saturated rings. The van der Waals surface area contributed by atoms with Gasteiger partial charge in [-0.1, -0.05) is 55.0 Å². The fraction of sp³-hybridized carbons (Fsp3) is 0.391. The summed E-state index contributed by atoms with van der Waals surface area (Å²) < 4.78 is 32.7. The number of amides is 1. The van der Waals surface area contributed by atoms with Gasteiger partial charge in [0.05, 0.1) is 18.2 Å². The summed E-state index contributed by atoms with van der Waals surface area (Å²) in [6.45, 7) is 0.0622. The van der Waals surface area contributed by atoms with Crippen LogP contribution in [0.3, 0.4) is 0 Å². The summed E-state index contributed by atoms with van der Waals surface area (Å²) in [7, 11) is -3.73. The summed E-state index contributed by atoms with van der Waals surface area (Å²) in [6, 6.07) is 14.6. The first-order chi connectivity index (χ1) is 15.3. The molecule has 2 aromatic rings. The first-order valence-corrected chi connectivity index (χ1v) is 12.3. The molecule has 3 N–H and O–H groups in total. The summed E-state index contributed by atoms with van der Waals surface area (Å²) >= 11 is 0. The van der Waals surface area contributed by atoms with Crippen molar-refractivity contribution in [3.63, 3.8) is 0 Å². The Bertz CT molecular complexity index is 1070. The van der Waals surface area contributed by atoms with Crippen LogP contribution in [0, 0.1) is 0 Å². The second-order valence-electron chi connectivity index (χ2n) is 8.29. The predicted molar refractivity (Wildman–Crippen MR) is 119 cm³/mol. The molecule has 32 heavy (non-hydrogen) atoms. The number of sulfonamides is 1. The van der Waals surface area contributed by atoms with Gasteiger partial charge in [-0.15, -0.1) is 0 Å². The molecule has 0 aromatic heterocycles. The van der Waals surface area contributed by atoms with Gasteiger partial charge in [-0.2, -0.15) is 0 Å². The fourth-order valence-corrected chi connectivity index (χ4v) is 5.83. The minimum absolute atomic E-state index is 0.0622. The molecule has 1 unspecified atom stereocenters. The van der Waals surface area contributed by atoms with Gasteiger partial charge in [0, 0.05) is 12.0 Å². The Morgan fingerprint density at radius 1 is 1.03 bits per heavy atom. The van der Waals surface area contributed by atoms with Crippen molar-refractivity contribution in [2.24, 2.45) is 0 Å². The van der Waals surface area contributed by atoms with Gasteiger partial charge in [-0.05, 0) is 35.1 Å². The van der Waals surface area contributed by atoms with Crippen LogP contribution in [0.2, 0.25) is 0 Å². The Morgan fingerprint density at radius 2 is 1.62 bits per heavy atom. The van der Waals surface area contributed by atoms with E-state index in [2.05, 4.69) is 10.0 Å². The Labute approximate surface area is 187 Å². The number of hydrogen-bond donors (Lipinski definition) is 3. The molecule has 2 aliphatic carbocycles. The maximum atomic E-state index is 12.4. The lowest BCUT2D eigenvalue weighted by Crippen LogP contribution is -2.47. The number of aliphatic carboxylic acids is 1. The second kappa shape index (κ2) is 9.30. The van der Waals surface area contributed by atoms with Gasteiger partial charge in [-0.3, -0.25) is 4.79 Å². The van der Waals surface area contributed by atoms with Crippen LogP contribution in [0.4, 0.5) is 4.79 Å². The average molecular weight is 459 g/mol. The Hall–Kier alpha value is -2.91. The third-order valence-electron chi connectivity index (χ3n) is 5.96. The lowest BCUT2D eigenvalue weighted by Gasteiger charge is -2.27. The lowest BCUT2D eigenvalue weighted by atomic mass is 9.94. The maximum Gasteiger partial charge on any atom is 0.407 e. The van der Waals surface area contributed by atoms with Crippen molar-refractivity contribution >= 4 is 22.1 Å². The van der Waals surface area contributed by atoms with Crippen LogP contribution in [-0.4, -0.2) is 50.0 Å². The van der Waals surface area contributed by atoms with Crippen molar-refractivity contribution in [3.8, 4) is 11.1 Å². The highest BCUT2D eigenvalue weighted by atomic mass is 32.2. The highest BCUT2D eigenvalue weighted by molar-refractivity contribution is 7.89. The van der Waals surface area contributed by atoms with Gasteiger partial charge in [0.1, 0.15) is 6.61 Å². The summed E-state index contributed by atoms with van der Waals surface area (Å²) in [5.74, 6) is -1.86. The number of hydrogen-bond acceptors (Lipinski definition) is 5. The highest BCUT2D eigenvalue weighted by Gasteiger charge is 2.31. The summed E-state index contributed by atoms with van der Waals surface area (Å²) in [6.07, 6.45) is 1.14. The van der Waals surface area contributed by atoms with Crippen LogP contribution >= 0.6 is 0 Å². The molecule has 0 saturated heterocycles. The number of rotatable bonds is 9. The molecule has 1 atom stereocenters. The monoisotopic (exact) mass is 458 g/mol. The topological polar surface area (TPSA) is 122 Å². The molecular formula is C23H26N2O6S. The molecule has 0 radical (unpaired) electrons. The number of carbonyl (C=O) groups excluding carboxylic acids is 1. The lowest BCUT2D eigenvalue weighted by molar-refractivity contribution is -0.137. The molecule has 2 aromatic carbocycles. The molecule has 1 saturated carbocycles. The molecule has 8 nitrogen and oxygen atoms in total. The molecule has 2 aliphatic rings. The highest BCUT2D eigenvalue weighted by Crippen LogP contribution is 2.44. The average Bonchev–Trinajstić information content (AvgIpc) is 3.02. The van der Waals surface area contributed by atoms with E-state index in [9.17, 15) is 18.0 Å². The van der Waals surface area contributed by atoms with Crippen LogP contribution in [0.1, 0.15) is 42.7 Å². The summed E-state index contributed by atoms with van der Waals surface area (Å²) in [4.78, 5) is 23.7. The Kier molecular flexibility index (Phi) is 6.48. The van der Waals surface area contributed by atoms with E-state index in [4.69, 9.17) is 9.84 Å². The van der Waals surface area contributed by atoms with Gasteiger partial charge in [0.25, 0.3) is 0 Å². The van der Waals surface area contributed by atoms with E-state index in [1.165, 1.54) is 0 Å². The van der Waals surface area contributed by atoms with Crippen molar-refractivity contribution < 1.29 is 27.9 Å². The molecule has 0 aliphatic heterocycles. The summed E-state index contributed by atoms with van der Waals surface area (Å²) in [5.41, 5.74) is 4.29. The van der Waals surface area contributed by atoms with E-state index in [1.54, 1.807) is 0 Å². The molecule has 0 spiro atoms. The fourth-order valence-electron chi connectivity index (χ4n) is 4.26. The van der Waals surface area contributed by atoms with Crippen molar-refractivity contribution in [1.82, 2.24) is 10.0 Å². The van der Waals surface area contributed by atoms with Crippen LogP contribution in [-0.2, 0) is 19.6 Å². The predicted octanol–water partition coefficient (Wildman–Crippen LogP) is 2.84. The Balaban J connectivity index is 1.40. The molecule has 4 rings (SSSR count). The molecule has 0 heterocycles. The van der Waals surface area contributed by atoms with E-state index in [1.807, 2.05) is 48.5 Å². The number of alkyl carbamates (subject to hydrolysis) is 1. The van der Waals surface area contributed by atoms with E-state index >= 15 is 0 Å². The van der Waals surface area contributed by atoms with Crippen LogP contribution < -0.4 is 10.0 Å². The number of benzene rings is 2. The number of carboxylic acid groups (broad SMARTS) is 1. The molecular weight excluding hydrogens is 432 g/mol. The third kappa shape index (κ3) is 5.11. The number of carbonyl (C=O) groups is 2. The SMILES string of the molecule is O=C(O)CC(CS(=O)(=O)NC1CCC1)NC(=O)OCC1c2ccccc2-c2ccccc21.